The molecule has 0 amide bonds. The SMILES string of the molecule is COc1ccc(Cl)cc1COc1cccc([N+](=O)[O-])c1. The lowest BCUT2D eigenvalue weighted by Gasteiger charge is -2.10. The molecule has 104 valence electrons. The normalized spacial score (nSPS) is 10.1. The van der Waals surface area contributed by atoms with Crippen LogP contribution in [0, 0.1) is 10.1 Å². The molecule has 2 aromatic rings. The van der Waals surface area contributed by atoms with Gasteiger partial charge in [0.1, 0.15) is 18.1 Å². The van der Waals surface area contributed by atoms with Crippen molar-refractivity contribution in [2.45, 2.75) is 6.61 Å². The minimum atomic E-state index is -0.465. The van der Waals surface area contributed by atoms with Gasteiger partial charge in [-0.05, 0) is 24.3 Å². The summed E-state index contributed by atoms with van der Waals surface area (Å²) in [4.78, 5) is 10.2. The highest BCUT2D eigenvalue weighted by Gasteiger charge is 2.08. The van der Waals surface area contributed by atoms with Crippen LogP contribution in [-0.2, 0) is 6.61 Å². The second-order valence-electron chi connectivity index (χ2n) is 4.00. The Morgan fingerprint density at radius 1 is 1.25 bits per heavy atom. The van der Waals surface area contributed by atoms with Gasteiger partial charge in [0.2, 0.25) is 0 Å². The zero-order chi connectivity index (χ0) is 14.5. The van der Waals surface area contributed by atoms with Gasteiger partial charge in [0, 0.05) is 16.7 Å². The average Bonchev–Trinajstić information content (AvgIpc) is 2.45. The van der Waals surface area contributed by atoms with Gasteiger partial charge in [-0.15, -0.1) is 0 Å². The van der Waals surface area contributed by atoms with Gasteiger partial charge in [-0.1, -0.05) is 17.7 Å². The van der Waals surface area contributed by atoms with E-state index >= 15 is 0 Å². The molecule has 0 saturated carbocycles. The van der Waals surface area contributed by atoms with Crippen molar-refractivity contribution in [2.75, 3.05) is 7.11 Å². The maximum atomic E-state index is 10.7. The number of nitro benzene ring substituents is 1. The van der Waals surface area contributed by atoms with E-state index in [2.05, 4.69) is 0 Å². The van der Waals surface area contributed by atoms with Crippen LogP contribution in [0.25, 0.3) is 0 Å². The lowest BCUT2D eigenvalue weighted by Crippen LogP contribution is -1.99. The molecule has 0 heterocycles. The maximum Gasteiger partial charge on any atom is 0.273 e. The fourth-order valence-electron chi connectivity index (χ4n) is 1.71. The quantitative estimate of drug-likeness (QED) is 0.621. The number of rotatable bonds is 5. The van der Waals surface area contributed by atoms with Crippen LogP contribution in [0.1, 0.15) is 5.56 Å². The first kappa shape index (κ1) is 14.1. The Labute approximate surface area is 120 Å². The van der Waals surface area contributed by atoms with Crippen LogP contribution in [-0.4, -0.2) is 12.0 Å². The highest BCUT2D eigenvalue weighted by atomic mass is 35.5. The lowest BCUT2D eigenvalue weighted by molar-refractivity contribution is -0.384. The molecule has 0 aliphatic heterocycles. The first-order valence-corrected chi connectivity index (χ1v) is 6.17. The van der Waals surface area contributed by atoms with E-state index in [1.165, 1.54) is 12.1 Å². The Hall–Kier alpha value is -2.27. The third kappa shape index (κ3) is 3.39. The number of nitro groups is 1. The Morgan fingerprint density at radius 2 is 2.05 bits per heavy atom. The van der Waals surface area contributed by atoms with Crippen LogP contribution in [0.3, 0.4) is 0 Å². The number of methoxy groups -OCH3 is 1. The molecule has 0 aromatic heterocycles. The fraction of sp³-hybridized carbons (Fsp3) is 0.143. The summed E-state index contributed by atoms with van der Waals surface area (Å²) in [7, 11) is 1.56. The van der Waals surface area contributed by atoms with Crippen molar-refractivity contribution >= 4 is 17.3 Å². The van der Waals surface area contributed by atoms with Crippen molar-refractivity contribution in [2.24, 2.45) is 0 Å². The Kier molecular flexibility index (Phi) is 4.42. The highest BCUT2D eigenvalue weighted by Crippen LogP contribution is 2.25. The van der Waals surface area contributed by atoms with Gasteiger partial charge in [-0.3, -0.25) is 10.1 Å². The summed E-state index contributed by atoms with van der Waals surface area (Å²) in [5, 5.41) is 11.3. The second-order valence-corrected chi connectivity index (χ2v) is 4.44. The van der Waals surface area contributed by atoms with Crippen LogP contribution in [0.2, 0.25) is 5.02 Å². The Morgan fingerprint density at radius 3 is 2.75 bits per heavy atom. The molecule has 0 saturated heterocycles. The smallest absolute Gasteiger partial charge is 0.273 e. The summed E-state index contributed by atoms with van der Waals surface area (Å²) in [6.07, 6.45) is 0. The zero-order valence-corrected chi connectivity index (χ0v) is 11.5. The van der Waals surface area contributed by atoms with Crippen molar-refractivity contribution in [3.63, 3.8) is 0 Å². The fourth-order valence-corrected chi connectivity index (χ4v) is 1.90. The van der Waals surface area contributed by atoms with Crippen LogP contribution in [0.4, 0.5) is 5.69 Å². The number of non-ortho nitro benzene ring substituents is 1. The predicted octanol–water partition coefficient (Wildman–Crippen LogP) is 3.84. The summed E-state index contributed by atoms with van der Waals surface area (Å²) >= 11 is 5.92. The second kappa shape index (κ2) is 6.25. The van der Waals surface area contributed by atoms with Gasteiger partial charge in [-0.25, -0.2) is 0 Å². The average molecular weight is 294 g/mol. The molecule has 0 fully saturated rings. The highest BCUT2D eigenvalue weighted by molar-refractivity contribution is 6.30. The number of halogens is 1. The first-order chi connectivity index (χ1) is 9.60. The van der Waals surface area contributed by atoms with Gasteiger partial charge in [0.25, 0.3) is 5.69 Å². The molecule has 0 N–H and O–H groups in total. The van der Waals surface area contributed by atoms with Crippen LogP contribution in [0.15, 0.2) is 42.5 Å². The Bertz CT molecular complexity index is 630. The van der Waals surface area contributed by atoms with E-state index in [0.29, 0.717) is 16.5 Å². The molecule has 2 rings (SSSR count). The first-order valence-electron chi connectivity index (χ1n) is 5.80. The van der Waals surface area contributed by atoms with E-state index in [9.17, 15) is 10.1 Å². The predicted molar refractivity (Wildman–Crippen MR) is 75.4 cm³/mol. The lowest BCUT2D eigenvalue weighted by atomic mass is 10.2. The zero-order valence-electron chi connectivity index (χ0n) is 10.7. The molecule has 5 nitrogen and oxygen atoms in total. The molecule has 0 bridgehead atoms. The molecular weight excluding hydrogens is 282 g/mol. The van der Waals surface area contributed by atoms with Crippen molar-refractivity contribution in [3.8, 4) is 11.5 Å². The molecule has 0 unspecified atom stereocenters. The van der Waals surface area contributed by atoms with E-state index in [1.807, 2.05) is 0 Å². The van der Waals surface area contributed by atoms with Crippen LogP contribution in [0.5, 0.6) is 11.5 Å². The van der Waals surface area contributed by atoms with Gasteiger partial charge < -0.3 is 9.47 Å². The van der Waals surface area contributed by atoms with Crippen molar-refractivity contribution in [1.82, 2.24) is 0 Å². The van der Waals surface area contributed by atoms with Crippen LogP contribution < -0.4 is 9.47 Å². The minimum Gasteiger partial charge on any atom is -0.496 e. The van der Waals surface area contributed by atoms with E-state index in [4.69, 9.17) is 21.1 Å². The molecule has 0 spiro atoms. The monoisotopic (exact) mass is 293 g/mol. The molecule has 0 radical (unpaired) electrons. The molecule has 0 aliphatic rings. The van der Waals surface area contributed by atoms with Gasteiger partial charge in [0.05, 0.1) is 18.1 Å². The summed E-state index contributed by atoms with van der Waals surface area (Å²) in [5.41, 5.74) is 0.757. The van der Waals surface area contributed by atoms with Crippen LogP contribution >= 0.6 is 11.6 Å². The standard InChI is InChI=1S/C14H12ClNO4/c1-19-14-6-5-11(15)7-10(14)9-20-13-4-2-3-12(8-13)16(17)18/h2-8H,9H2,1H3. The third-order valence-corrected chi connectivity index (χ3v) is 2.90. The van der Waals surface area contributed by atoms with E-state index < -0.39 is 4.92 Å². The molecule has 0 aliphatic carbocycles. The van der Waals surface area contributed by atoms with E-state index in [0.717, 1.165) is 5.56 Å². The number of benzene rings is 2. The third-order valence-electron chi connectivity index (χ3n) is 2.67. The van der Waals surface area contributed by atoms with Gasteiger partial charge in [-0.2, -0.15) is 0 Å². The molecule has 2 aromatic carbocycles. The van der Waals surface area contributed by atoms with E-state index in [-0.39, 0.29) is 12.3 Å². The molecular formula is C14H12ClNO4. The van der Waals surface area contributed by atoms with E-state index in [1.54, 1.807) is 37.4 Å². The van der Waals surface area contributed by atoms with Gasteiger partial charge in [0.15, 0.2) is 0 Å². The van der Waals surface area contributed by atoms with Gasteiger partial charge >= 0.3 is 0 Å². The van der Waals surface area contributed by atoms with Crippen molar-refractivity contribution in [3.05, 3.63) is 63.2 Å². The molecule has 0 atom stereocenters. The molecule has 6 heteroatoms. The number of nitrogens with zero attached hydrogens (tertiary/aromatic N) is 1. The summed E-state index contributed by atoms with van der Waals surface area (Å²) in [6, 6.07) is 11.2. The summed E-state index contributed by atoms with van der Waals surface area (Å²) in [5.74, 6) is 1.07. The Balaban J connectivity index is 2.14. The van der Waals surface area contributed by atoms with Crippen molar-refractivity contribution < 1.29 is 14.4 Å². The summed E-state index contributed by atoms with van der Waals surface area (Å²) in [6.45, 7) is 0.213. The number of hydrogen-bond donors (Lipinski definition) is 0. The maximum absolute atomic E-state index is 10.7. The van der Waals surface area contributed by atoms with Crippen molar-refractivity contribution in [1.29, 1.82) is 0 Å². The number of ether oxygens (including phenoxy) is 2. The topological polar surface area (TPSA) is 61.6 Å². The summed E-state index contributed by atoms with van der Waals surface area (Å²) < 4.78 is 10.7. The minimum absolute atomic E-state index is 0.0134. The molecule has 20 heavy (non-hydrogen) atoms. The largest absolute Gasteiger partial charge is 0.496 e. The number of hydrogen-bond acceptors (Lipinski definition) is 4.